The standard InChI is InChI=1S/C10H11N5/c1-2-4-10-9(3-1)11-7-14(10)8-15-6-5-12-13-15/h1-6,11H,7-8H2. The molecule has 0 saturated carbocycles. The first-order valence-electron chi connectivity index (χ1n) is 4.85. The minimum atomic E-state index is 0.726. The summed E-state index contributed by atoms with van der Waals surface area (Å²) in [6.45, 7) is 1.54. The minimum Gasteiger partial charge on any atom is -0.366 e. The number of hydrogen-bond donors (Lipinski definition) is 1. The van der Waals surface area contributed by atoms with E-state index in [0.717, 1.165) is 13.3 Å². The van der Waals surface area contributed by atoms with E-state index in [9.17, 15) is 0 Å². The van der Waals surface area contributed by atoms with Gasteiger partial charge in [-0.3, -0.25) is 0 Å². The molecule has 0 fully saturated rings. The summed E-state index contributed by atoms with van der Waals surface area (Å²) in [6.07, 6.45) is 3.55. The van der Waals surface area contributed by atoms with E-state index < -0.39 is 0 Å². The Hall–Kier alpha value is -2.04. The highest BCUT2D eigenvalue weighted by molar-refractivity contribution is 5.74. The molecule has 0 unspecified atom stereocenters. The lowest BCUT2D eigenvalue weighted by Crippen LogP contribution is -2.26. The van der Waals surface area contributed by atoms with E-state index in [1.54, 1.807) is 6.20 Å². The molecular formula is C10H11N5. The number of fused-ring (bicyclic) bond motifs is 1. The third kappa shape index (κ3) is 1.41. The Balaban J connectivity index is 1.85. The minimum absolute atomic E-state index is 0.726. The highest BCUT2D eigenvalue weighted by atomic mass is 15.5. The Morgan fingerprint density at radius 1 is 1.33 bits per heavy atom. The van der Waals surface area contributed by atoms with Crippen LogP contribution in [0.5, 0.6) is 0 Å². The van der Waals surface area contributed by atoms with Crippen molar-refractivity contribution >= 4 is 11.4 Å². The van der Waals surface area contributed by atoms with Gasteiger partial charge in [0.1, 0.15) is 6.67 Å². The lowest BCUT2D eigenvalue weighted by atomic mass is 10.3. The molecule has 0 bridgehead atoms. The number of nitrogens with one attached hydrogen (secondary N) is 1. The first-order chi connectivity index (χ1) is 7.43. The fourth-order valence-electron chi connectivity index (χ4n) is 1.77. The Morgan fingerprint density at radius 3 is 3.13 bits per heavy atom. The number of para-hydroxylation sites is 2. The normalized spacial score (nSPS) is 13.7. The molecular weight excluding hydrogens is 190 g/mol. The fourth-order valence-corrected chi connectivity index (χ4v) is 1.77. The van der Waals surface area contributed by atoms with Gasteiger partial charge in [-0.05, 0) is 12.1 Å². The molecule has 1 aromatic heterocycles. The van der Waals surface area contributed by atoms with Crippen LogP contribution in [0.2, 0.25) is 0 Å². The molecule has 3 rings (SSSR count). The molecule has 15 heavy (non-hydrogen) atoms. The second-order valence-corrected chi connectivity index (χ2v) is 3.48. The van der Waals surface area contributed by atoms with Gasteiger partial charge in [0, 0.05) is 6.20 Å². The Kier molecular flexibility index (Phi) is 1.81. The number of anilines is 2. The number of nitrogens with zero attached hydrogens (tertiary/aromatic N) is 4. The van der Waals surface area contributed by atoms with Crippen molar-refractivity contribution in [2.75, 3.05) is 16.9 Å². The predicted molar refractivity (Wildman–Crippen MR) is 57.4 cm³/mol. The van der Waals surface area contributed by atoms with Crippen LogP contribution >= 0.6 is 0 Å². The second kappa shape index (κ2) is 3.27. The molecule has 0 saturated heterocycles. The summed E-state index contributed by atoms with van der Waals surface area (Å²) in [7, 11) is 0. The van der Waals surface area contributed by atoms with Gasteiger partial charge in [0.25, 0.3) is 0 Å². The Labute approximate surface area is 87.3 Å². The zero-order chi connectivity index (χ0) is 10.1. The quantitative estimate of drug-likeness (QED) is 0.791. The molecule has 0 atom stereocenters. The van der Waals surface area contributed by atoms with Crippen molar-refractivity contribution in [1.82, 2.24) is 15.0 Å². The highest BCUT2D eigenvalue weighted by Gasteiger charge is 2.17. The van der Waals surface area contributed by atoms with E-state index in [1.165, 1.54) is 11.4 Å². The van der Waals surface area contributed by atoms with E-state index in [-0.39, 0.29) is 0 Å². The lowest BCUT2D eigenvalue weighted by molar-refractivity contribution is 0.573. The monoisotopic (exact) mass is 201 g/mol. The van der Waals surface area contributed by atoms with Crippen molar-refractivity contribution in [2.24, 2.45) is 0 Å². The summed E-state index contributed by atoms with van der Waals surface area (Å²) < 4.78 is 1.81. The topological polar surface area (TPSA) is 46.0 Å². The Morgan fingerprint density at radius 2 is 2.27 bits per heavy atom. The number of rotatable bonds is 2. The SMILES string of the molecule is c1ccc2c(c1)NCN2Cn1ccnn1. The van der Waals surface area contributed by atoms with Crippen LogP contribution < -0.4 is 10.2 Å². The molecule has 5 heteroatoms. The summed E-state index contributed by atoms with van der Waals surface area (Å²) in [5.74, 6) is 0. The maximum atomic E-state index is 3.95. The smallest absolute Gasteiger partial charge is 0.115 e. The molecule has 1 aromatic carbocycles. The van der Waals surface area contributed by atoms with Crippen LogP contribution in [0, 0.1) is 0 Å². The van der Waals surface area contributed by atoms with Crippen LogP contribution in [0.15, 0.2) is 36.7 Å². The van der Waals surface area contributed by atoms with Crippen LogP contribution in [0.1, 0.15) is 0 Å². The van der Waals surface area contributed by atoms with E-state index in [0.29, 0.717) is 0 Å². The predicted octanol–water partition coefficient (Wildman–Crippen LogP) is 1.13. The Bertz CT molecular complexity index is 451. The zero-order valence-corrected chi connectivity index (χ0v) is 8.17. The lowest BCUT2D eigenvalue weighted by Gasteiger charge is -2.16. The summed E-state index contributed by atoms with van der Waals surface area (Å²) in [5.41, 5.74) is 2.39. The molecule has 2 heterocycles. The van der Waals surface area contributed by atoms with Crippen molar-refractivity contribution in [1.29, 1.82) is 0 Å². The third-order valence-electron chi connectivity index (χ3n) is 2.49. The van der Waals surface area contributed by atoms with Crippen LogP contribution in [-0.4, -0.2) is 21.7 Å². The van der Waals surface area contributed by atoms with Crippen molar-refractivity contribution in [3.8, 4) is 0 Å². The van der Waals surface area contributed by atoms with Gasteiger partial charge >= 0.3 is 0 Å². The van der Waals surface area contributed by atoms with Crippen LogP contribution in [0.25, 0.3) is 0 Å². The number of aromatic nitrogens is 3. The highest BCUT2D eigenvalue weighted by Crippen LogP contribution is 2.30. The largest absolute Gasteiger partial charge is 0.366 e. The average molecular weight is 201 g/mol. The van der Waals surface area contributed by atoms with Crippen molar-refractivity contribution in [2.45, 2.75) is 6.67 Å². The van der Waals surface area contributed by atoms with Crippen molar-refractivity contribution in [3.63, 3.8) is 0 Å². The van der Waals surface area contributed by atoms with E-state index in [4.69, 9.17) is 0 Å². The van der Waals surface area contributed by atoms with Gasteiger partial charge in [0.2, 0.25) is 0 Å². The first kappa shape index (κ1) is 8.28. The van der Waals surface area contributed by atoms with Gasteiger partial charge in [0.05, 0.1) is 24.2 Å². The molecule has 0 radical (unpaired) electrons. The molecule has 1 aliphatic rings. The molecule has 0 aliphatic carbocycles. The van der Waals surface area contributed by atoms with Crippen molar-refractivity contribution < 1.29 is 0 Å². The summed E-state index contributed by atoms with van der Waals surface area (Å²) in [5, 5.41) is 11.1. The average Bonchev–Trinajstić information content (AvgIpc) is 2.89. The van der Waals surface area contributed by atoms with Crippen LogP contribution in [-0.2, 0) is 6.67 Å². The molecule has 1 N–H and O–H groups in total. The van der Waals surface area contributed by atoms with Gasteiger partial charge in [-0.1, -0.05) is 17.3 Å². The van der Waals surface area contributed by atoms with Crippen molar-refractivity contribution in [3.05, 3.63) is 36.7 Å². The van der Waals surface area contributed by atoms with Gasteiger partial charge < -0.3 is 10.2 Å². The molecule has 2 aromatic rings. The molecule has 1 aliphatic heterocycles. The van der Waals surface area contributed by atoms with Crippen LogP contribution in [0.4, 0.5) is 11.4 Å². The molecule has 0 amide bonds. The van der Waals surface area contributed by atoms with Crippen LogP contribution in [0.3, 0.4) is 0 Å². The van der Waals surface area contributed by atoms with Gasteiger partial charge in [-0.15, -0.1) is 5.10 Å². The van der Waals surface area contributed by atoms with Gasteiger partial charge in [-0.2, -0.15) is 0 Å². The van der Waals surface area contributed by atoms with E-state index >= 15 is 0 Å². The summed E-state index contributed by atoms with van der Waals surface area (Å²) >= 11 is 0. The van der Waals surface area contributed by atoms with E-state index in [1.807, 2.05) is 23.0 Å². The number of hydrogen-bond acceptors (Lipinski definition) is 4. The first-order valence-corrected chi connectivity index (χ1v) is 4.85. The summed E-state index contributed by atoms with van der Waals surface area (Å²) in [6, 6.07) is 8.26. The third-order valence-corrected chi connectivity index (χ3v) is 2.49. The van der Waals surface area contributed by atoms with Gasteiger partial charge in [-0.25, -0.2) is 4.68 Å². The molecule has 76 valence electrons. The summed E-state index contributed by atoms with van der Waals surface area (Å²) in [4.78, 5) is 2.21. The van der Waals surface area contributed by atoms with E-state index in [2.05, 4.69) is 32.7 Å². The second-order valence-electron chi connectivity index (χ2n) is 3.48. The maximum Gasteiger partial charge on any atom is 0.115 e. The fraction of sp³-hybridized carbons (Fsp3) is 0.200. The zero-order valence-electron chi connectivity index (χ0n) is 8.17. The maximum absolute atomic E-state index is 3.95. The van der Waals surface area contributed by atoms with Gasteiger partial charge in [0.15, 0.2) is 0 Å². The molecule has 0 spiro atoms. The molecule has 5 nitrogen and oxygen atoms in total. The number of benzene rings is 1.